The lowest BCUT2D eigenvalue weighted by Crippen LogP contribution is -2.01. The number of carbonyl (C=O) groups is 5. The van der Waals surface area contributed by atoms with Gasteiger partial charge in [0.25, 0.3) is 0 Å². The highest BCUT2D eigenvalue weighted by atomic mass is 16.5. The van der Waals surface area contributed by atoms with Crippen molar-refractivity contribution >= 4 is 29.1 Å². The third kappa shape index (κ3) is 14.4. The number of esters is 1. The summed E-state index contributed by atoms with van der Waals surface area (Å²) in [5.74, 6) is 3.58. The number of Topliss-reactive ketones (excluding diaryl/α,β-unsaturated/α-hetero) is 4. The molecule has 0 aliphatic carbocycles. The Labute approximate surface area is 304 Å². The second kappa shape index (κ2) is 22.5. The van der Waals surface area contributed by atoms with Crippen molar-refractivity contribution in [3.05, 3.63) is 101 Å². The number of ether oxygens (including phenoxy) is 7. The van der Waals surface area contributed by atoms with Crippen LogP contribution < -0.4 is 33.2 Å². The third-order valence-electron chi connectivity index (χ3n) is 6.88. The van der Waals surface area contributed by atoms with Crippen molar-refractivity contribution in [3.8, 4) is 40.2 Å². The average Bonchev–Trinajstić information content (AvgIpc) is 3.14. The van der Waals surface area contributed by atoms with Gasteiger partial charge in [0, 0.05) is 29.2 Å². The maximum absolute atomic E-state index is 11.2. The standard InChI is InChI=1S/C11H14O4.C10H12O3.C10H10O3.C9H10O2/c1-7(12)8-5-9(13-2)11(15-4)10(6-8)14-3;1-7(11)8-4-5-9(12-2)10(6-8)13-3;1-7(11)9-3-5-10(6-4-9)13-8(2)12;1-7(10)8-3-5-9(11-2)6-4-8/h5-6H,1-4H3;4-6H,1-3H3;3-6H,1-2H3;3-6H,1-2H3. The maximum Gasteiger partial charge on any atom is 0.308 e. The monoisotopic (exact) mass is 718 g/mol. The first-order valence-electron chi connectivity index (χ1n) is 15.6. The second-order valence-electron chi connectivity index (χ2n) is 10.6. The predicted octanol–water partition coefficient (Wildman–Crippen LogP) is 7.53. The van der Waals surface area contributed by atoms with E-state index in [-0.39, 0.29) is 29.1 Å². The lowest BCUT2D eigenvalue weighted by atomic mass is 10.1. The molecule has 0 saturated carbocycles. The Morgan fingerprint density at radius 3 is 1.06 bits per heavy atom. The van der Waals surface area contributed by atoms with Gasteiger partial charge in [-0.25, -0.2) is 0 Å². The normalized spacial score (nSPS) is 9.44. The van der Waals surface area contributed by atoms with E-state index in [0.717, 1.165) is 5.75 Å². The van der Waals surface area contributed by atoms with Crippen molar-refractivity contribution in [1.82, 2.24) is 0 Å². The van der Waals surface area contributed by atoms with Crippen LogP contribution in [0.4, 0.5) is 0 Å². The molecule has 0 N–H and O–H groups in total. The van der Waals surface area contributed by atoms with Crippen LogP contribution in [0.1, 0.15) is 76.1 Å². The molecule has 278 valence electrons. The van der Waals surface area contributed by atoms with Crippen LogP contribution in [-0.4, -0.2) is 71.8 Å². The molecule has 4 aromatic carbocycles. The Kier molecular flexibility index (Phi) is 19.0. The summed E-state index contributed by atoms with van der Waals surface area (Å²) in [6.07, 6.45) is 0. The molecule has 0 radical (unpaired) electrons. The molecule has 4 rings (SSSR count). The minimum Gasteiger partial charge on any atom is -0.497 e. The van der Waals surface area contributed by atoms with Crippen LogP contribution in [-0.2, 0) is 4.79 Å². The van der Waals surface area contributed by atoms with E-state index in [0.29, 0.717) is 56.8 Å². The molecule has 0 spiro atoms. The highest BCUT2D eigenvalue weighted by Gasteiger charge is 2.14. The first kappa shape index (κ1) is 43.9. The maximum atomic E-state index is 11.2. The summed E-state index contributed by atoms with van der Waals surface area (Å²) in [4.78, 5) is 54.5. The van der Waals surface area contributed by atoms with Gasteiger partial charge in [-0.3, -0.25) is 24.0 Å². The van der Waals surface area contributed by atoms with Gasteiger partial charge < -0.3 is 33.2 Å². The minimum absolute atomic E-state index is 0.00521. The summed E-state index contributed by atoms with van der Waals surface area (Å²) in [7, 11) is 9.26. The number of rotatable bonds is 11. The second-order valence-corrected chi connectivity index (χ2v) is 10.6. The zero-order valence-electron chi connectivity index (χ0n) is 31.4. The summed E-state index contributed by atoms with van der Waals surface area (Å²) in [6.45, 7) is 7.36. The van der Waals surface area contributed by atoms with E-state index in [1.165, 1.54) is 49.0 Å². The highest BCUT2D eigenvalue weighted by molar-refractivity contribution is 5.96. The van der Waals surface area contributed by atoms with E-state index in [1.807, 2.05) is 0 Å². The Balaban J connectivity index is 0.000000348. The molecule has 0 fully saturated rings. The van der Waals surface area contributed by atoms with Gasteiger partial charge in [0.2, 0.25) is 5.75 Å². The number of methoxy groups -OCH3 is 6. The fourth-order valence-electron chi connectivity index (χ4n) is 4.09. The molecule has 0 bridgehead atoms. The zero-order chi connectivity index (χ0) is 39.4. The van der Waals surface area contributed by atoms with Crippen LogP contribution in [0.25, 0.3) is 0 Å². The molecule has 12 nitrogen and oxygen atoms in total. The molecule has 0 saturated heterocycles. The van der Waals surface area contributed by atoms with Gasteiger partial charge in [0.05, 0.1) is 42.7 Å². The number of benzene rings is 4. The molecule has 4 aromatic rings. The summed E-state index contributed by atoms with van der Waals surface area (Å²) in [6, 6.07) is 21.8. The quantitative estimate of drug-likeness (QED) is 0.0857. The molecule has 0 amide bonds. The van der Waals surface area contributed by atoms with Gasteiger partial charge in [-0.1, -0.05) is 0 Å². The van der Waals surface area contributed by atoms with Crippen molar-refractivity contribution < 1.29 is 57.1 Å². The smallest absolute Gasteiger partial charge is 0.308 e. The van der Waals surface area contributed by atoms with E-state index in [2.05, 4.69) is 0 Å². The van der Waals surface area contributed by atoms with Crippen LogP contribution in [0.15, 0.2) is 78.9 Å². The molecule has 0 aliphatic rings. The molecule has 52 heavy (non-hydrogen) atoms. The first-order chi connectivity index (χ1) is 24.6. The van der Waals surface area contributed by atoms with E-state index in [9.17, 15) is 24.0 Å². The van der Waals surface area contributed by atoms with Gasteiger partial charge in [0.1, 0.15) is 11.5 Å². The SMILES string of the molecule is CC(=O)Oc1ccc(C(C)=O)cc1.COc1cc(C(C)=O)cc(OC)c1OC.COc1ccc(C(C)=O)cc1.COc1ccc(C(C)=O)cc1OC. The predicted molar refractivity (Wildman–Crippen MR) is 196 cm³/mol. The number of hydrogen-bond donors (Lipinski definition) is 0. The molecule has 12 heteroatoms. The molecule has 0 atom stereocenters. The van der Waals surface area contributed by atoms with Crippen LogP contribution in [0.3, 0.4) is 0 Å². The Morgan fingerprint density at radius 2 is 0.731 bits per heavy atom. The Morgan fingerprint density at radius 1 is 0.365 bits per heavy atom. The zero-order valence-corrected chi connectivity index (χ0v) is 31.4. The van der Waals surface area contributed by atoms with Crippen molar-refractivity contribution in [2.45, 2.75) is 34.6 Å². The first-order valence-corrected chi connectivity index (χ1v) is 15.6. The number of carbonyl (C=O) groups excluding carboxylic acids is 5. The van der Waals surface area contributed by atoms with Crippen LogP contribution in [0, 0.1) is 0 Å². The van der Waals surface area contributed by atoms with Crippen LogP contribution in [0.5, 0.6) is 40.2 Å². The molecule has 0 unspecified atom stereocenters. The summed E-state index contributed by atoms with van der Waals surface area (Å²) in [5.41, 5.74) is 2.48. The third-order valence-corrected chi connectivity index (χ3v) is 6.88. The van der Waals surface area contributed by atoms with E-state index >= 15 is 0 Å². The molecular formula is C40H46O12. The summed E-state index contributed by atoms with van der Waals surface area (Å²) < 4.78 is 35.2. The molecule has 0 heterocycles. The van der Waals surface area contributed by atoms with Crippen molar-refractivity contribution in [2.75, 3.05) is 42.7 Å². The fourth-order valence-corrected chi connectivity index (χ4v) is 4.09. The lowest BCUT2D eigenvalue weighted by Gasteiger charge is -2.12. The Bertz CT molecular complexity index is 1770. The van der Waals surface area contributed by atoms with Crippen molar-refractivity contribution in [3.63, 3.8) is 0 Å². The van der Waals surface area contributed by atoms with Crippen LogP contribution in [0.2, 0.25) is 0 Å². The van der Waals surface area contributed by atoms with Gasteiger partial charge in [0.15, 0.2) is 46.1 Å². The highest BCUT2D eigenvalue weighted by Crippen LogP contribution is 2.38. The molecular weight excluding hydrogens is 672 g/mol. The van der Waals surface area contributed by atoms with E-state index in [4.69, 9.17) is 33.2 Å². The number of ketones is 4. The Hall–Kier alpha value is -6.17. The molecule has 0 aromatic heterocycles. The fraction of sp³-hybridized carbons (Fsp3) is 0.275. The van der Waals surface area contributed by atoms with E-state index in [1.54, 1.807) is 107 Å². The lowest BCUT2D eigenvalue weighted by molar-refractivity contribution is -0.131. The van der Waals surface area contributed by atoms with Crippen LogP contribution >= 0.6 is 0 Å². The number of hydrogen-bond acceptors (Lipinski definition) is 12. The van der Waals surface area contributed by atoms with Gasteiger partial charge >= 0.3 is 5.97 Å². The average molecular weight is 719 g/mol. The minimum atomic E-state index is -0.365. The van der Waals surface area contributed by atoms with Gasteiger partial charge in [-0.15, -0.1) is 0 Å². The topological polar surface area (TPSA) is 150 Å². The van der Waals surface area contributed by atoms with Gasteiger partial charge in [-0.05, 0) is 107 Å². The summed E-state index contributed by atoms with van der Waals surface area (Å²) >= 11 is 0. The largest absolute Gasteiger partial charge is 0.497 e. The summed E-state index contributed by atoms with van der Waals surface area (Å²) in [5, 5.41) is 0. The van der Waals surface area contributed by atoms with Crippen molar-refractivity contribution in [1.29, 1.82) is 0 Å². The molecule has 0 aliphatic heterocycles. The van der Waals surface area contributed by atoms with Gasteiger partial charge in [-0.2, -0.15) is 0 Å². The van der Waals surface area contributed by atoms with E-state index < -0.39 is 0 Å². The van der Waals surface area contributed by atoms with Crippen molar-refractivity contribution in [2.24, 2.45) is 0 Å².